The number of hydrogen-bond donors (Lipinski definition) is 1. The largest absolute Gasteiger partial charge is 0.306 e. The van der Waals surface area contributed by atoms with Crippen molar-refractivity contribution >= 4 is 15.9 Å². The summed E-state index contributed by atoms with van der Waals surface area (Å²) >= 11 is 3.69. The molecule has 1 aromatic carbocycles. The third kappa shape index (κ3) is 2.16. The van der Waals surface area contributed by atoms with Gasteiger partial charge in [-0.1, -0.05) is 54.9 Å². The van der Waals surface area contributed by atoms with E-state index in [0.29, 0.717) is 22.9 Å². The van der Waals surface area contributed by atoms with Crippen LogP contribution in [0, 0.1) is 16.7 Å². The third-order valence-electron chi connectivity index (χ3n) is 6.06. The summed E-state index contributed by atoms with van der Waals surface area (Å²) in [5.74, 6) is 0.899. The van der Waals surface area contributed by atoms with Gasteiger partial charge in [-0.2, -0.15) is 0 Å². The van der Waals surface area contributed by atoms with Crippen LogP contribution in [0.5, 0.6) is 0 Å². The highest BCUT2D eigenvalue weighted by atomic mass is 79.9. The lowest BCUT2D eigenvalue weighted by Gasteiger charge is -2.44. The van der Waals surface area contributed by atoms with Gasteiger partial charge in [0.25, 0.3) is 0 Å². The van der Waals surface area contributed by atoms with Crippen LogP contribution >= 0.6 is 15.9 Å². The molecule has 0 heterocycles. The summed E-state index contributed by atoms with van der Waals surface area (Å²) in [7, 11) is 0. The molecular weight excluding hydrogens is 310 g/mol. The number of rotatable bonds is 3. The van der Waals surface area contributed by atoms with Crippen LogP contribution in [0.2, 0.25) is 0 Å². The minimum Gasteiger partial charge on any atom is -0.306 e. The minimum absolute atomic E-state index is 0.394. The van der Waals surface area contributed by atoms with Crippen molar-refractivity contribution in [2.75, 3.05) is 0 Å². The van der Waals surface area contributed by atoms with Crippen LogP contribution in [-0.2, 0) is 0 Å². The zero-order chi connectivity index (χ0) is 14.5. The van der Waals surface area contributed by atoms with Gasteiger partial charge in [-0.25, -0.2) is 0 Å². The molecule has 2 saturated carbocycles. The van der Waals surface area contributed by atoms with Crippen molar-refractivity contribution in [3.8, 4) is 0 Å². The Morgan fingerprint density at radius 1 is 1.25 bits per heavy atom. The first-order valence-electron chi connectivity index (χ1n) is 7.85. The molecule has 1 N–H and O–H groups in total. The van der Waals surface area contributed by atoms with E-state index in [2.05, 4.69) is 73.2 Å². The summed E-state index contributed by atoms with van der Waals surface area (Å²) in [6, 6.07) is 9.60. The number of benzene rings is 1. The van der Waals surface area contributed by atoms with Gasteiger partial charge in [-0.05, 0) is 54.6 Å². The molecule has 2 aliphatic rings. The molecule has 2 fully saturated rings. The first-order valence-corrected chi connectivity index (χ1v) is 8.64. The quantitative estimate of drug-likeness (QED) is 0.788. The molecule has 110 valence electrons. The van der Waals surface area contributed by atoms with E-state index in [1.165, 1.54) is 29.3 Å². The van der Waals surface area contributed by atoms with E-state index in [0.717, 1.165) is 5.92 Å². The maximum Gasteiger partial charge on any atom is 0.0305 e. The van der Waals surface area contributed by atoms with Crippen LogP contribution in [0.4, 0.5) is 0 Å². The van der Waals surface area contributed by atoms with Gasteiger partial charge < -0.3 is 5.32 Å². The number of halogens is 1. The lowest BCUT2D eigenvalue weighted by Crippen LogP contribution is -2.51. The maximum absolute atomic E-state index is 3.97. The fraction of sp³-hybridized carbons (Fsp3) is 0.667. The molecule has 2 aliphatic carbocycles. The topological polar surface area (TPSA) is 12.0 Å². The molecule has 0 amide bonds. The Morgan fingerprint density at radius 2 is 1.95 bits per heavy atom. The van der Waals surface area contributed by atoms with Crippen molar-refractivity contribution in [3.05, 3.63) is 34.3 Å². The Kier molecular flexibility index (Phi) is 3.53. The highest BCUT2D eigenvalue weighted by Gasteiger charge is 2.59. The van der Waals surface area contributed by atoms with Crippen molar-refractivity contribution in [1.29, 1.82) is 0 Å². The first-order chi connectivity index (χ1) is 9.34. The van der Waals surface area contributed by atoms with E-state index in [1.54, 1.807) is 0 Å². The predicted octanol–water partition coefficient (Wildman–Crippen LogP) is 5.31. The second kappa shape index (κ2) is 4.84. The smallest absolute Gasteiger partial charge is 0.0305 e. The summed E-state index contributed by atoms with van der Waals surface area (Å²) < 4.78 is 1.21. The average Bonchev–Trinajstić information content (AvgIpc) is 2.86. The third-order valence-corrected chi connectivity index (χ3v) is 6.78. The average molecular weight is 336 g/mol. The zero-order valence-electron chi connectivity index (χ0n) is 13.0. The predicted molar refractivity (Wildman–Crippen MR) is 88.7 cm³/mol. The van der Waals surface area contributed by atoms with Gasteiger partial charge in [-0.3, -0.25) is 0 Å². The minimum atomic E-state index is 0.394. The molecule has 0 saturated heterocycles. The van der Waals surface area contributed by atoms with Crippen molar-refractivity contribution in [3.63, 3.8) is 0 Å². The second-order valence-corrected chi connectivity index (χ2v) is 8.61. The van der Waals surface area contributed by atoms with E-state index < -0.39 is 0 Å². The van der Waals surface area contributed by atoms with Crippen LogP contribution in [0.3, 0.4) is 0 Å². The molecule has 4 atom stereocenters. The number of nitrogens with one attached hydrogen (secondary N) is 1. The van der Waals surface area contributed by atoms with Crippen molar-refractivity contribution in [1.82, 2.24) is 5.32 Å². The van der Waals surface area contributed by atoms with Gasteiger partial charge in [0.1, 0.15) is 0 Å². The molecule has 0 spiro atoms. The van der Waals surface area contributed by atoms with Crippen LogP contribution in [-0.4, -0.2) is 6.04 Å². The van der Waals surface area contributed by atoms with E-state index in [1.807, 2.05) is 0 Å². The molecule has 2 bridgehead atoms. The number of fused-ring (bicyclic) bond motifs is 2. The van der Waals surface area contributed by atoms with Gasteiger partial charge in [0.05, 0.1) is 0 Å². The maximum atomic E-state index is 3.97. The molecule has 3 rings (SSSR count). The standard InChI is InChI=1S/C18H26BrN/c1-12(14-7-5-6-8-15(14)19)20-16-17(2,3)13-9-10-18(16,4)11-13/h5-8,12-13,16,20H,9-11H2,1-4H3/t12-,13-,16?,18+/m0/s1. The Hall–Kier alpha value is -0.340. The SMILES string of the molecule is C[C@H](NC1C(C)(C)[C@H]2CC[C@]1(C)C2)c1ccccc1Br. The molecule has 0 aromatic heterocycles. The highest BCUT2D eigenvalue weighted by Crippen LogP contribution is 2.62. The van der Waals surface area contributed by atoms with Crippen LogP contribution in [0.1, 0.15) is 58.6 Å². The van der Waals surface area contributed by atoms with Crippen molar-refractivity contribution < 1.29 is 0 Å². The number of hydrogen-bond acceptors (Lipinski definition) is 1. The van der Waals surface area contributed by atoms with Gasteiger partial charge in [0.15, 0.2) is 0 Å². The Bertz CT molecular complexity index is 505. The molecule has 1 nitrogen and oxygen atoms in total. The van der Waals surface area contributed by atoms with E-state index in [-0.39, 0.29) is 0 Å². The van der Waals surface area contributed by atoms with Gasteiger partial charge in [0, 0.05) is 16.6 Å². The Labute approximate surface area is 131 Å². The summed E-state index contributed by atoms with van der Waals surface area (Å²) in [6.07, 6.45) is 4.22. The Morgan fingerprint density at radius 3 is 2.55 bits per heavy atom. The lowest BCUT2D eigenvalue weighted by molar-refractivity contribution is 0.100. The van der Waals surface area contributed by atoms with Gasteiger partial charge in [0.2, 0.25) is 0 Å². The van der Waals surface area contributed by atoms with Gasteiger partial charge >= 0.3 is 0 Å². The van der Waals surface area contributed by atoms with Gasteiger partial charge in [-0.15, -0.1) is 0 Å². The summed E-state index contributed by atoms with van der Waals surface area (Å²) in [6.45, 7) is 9.72. The van der Waals surface area contributed by atoms with E-state index >= 15 is 0 Å². The summed E-state index contributed by atoms with van der Waals surface area (Å²) in [4.78, 5) is 0. The molecule has 1 aromatic rings. The molecule has 0 aliphatic heterocycles. The van der Waals surface area contributed by atoms with Crippen LogP contribution in [0.15, 0.2) is 28.7 Å². The zero-order valence-corrected chi connectivity index (χ0v) is 14.6. The molecule has 0 radical (unpaired) electrons. The summed E-state index contributed by atoms with van der Waals surface area (Å²) in [5.41, 5.74) is 2.28. The fourth-order valence-electron chi connectivity index (χ4n) is 4.88. The lowest BCUT2D eigenvalue weighted by atomic mass is 9.68. The first kappa shape index (κ1) is 14.6. The summed E-state index contributed by atoms with van der Waals surface area (Å²) in [5, 5.41) is 3.97. The molecule has 20 heavy (non-hydrogen) atoms. The normalized spacial score (nSPS) is 36.2. The second-order valence-electron chi connectivity index (χ2n) is 7.76. The molecule has 2 heteroatoms. The van der Waals surface area contributed by atoms with Crippen molar-refractivity contribution in [2.45, 2.75) is 59.0 Å². The van der Waals surface area contributed by atoms with Crippen molar-refractivity contribution in [2.24, 2.45) is 16.7 Å². The highest BCUT2D eigenvalue weighted by molar-refractivity contribution is 9.10. The molecule has 1 unspecified atom stereocenters. The Balaban J connectivity index is 1.83. The fourth-order valence-corrected chi connectivity index (χ4v) is 5.51. The molecular formula is C18H26BrN. The van der Waals surface area contributed by atoms with E-state index in [4.69, 9.17) is 0 Å². The van der Waals surface area contributed by atoms with Crippen LogP contribution < -0.4 is 5.32 Å². The monoisotopic (exact) mass is 335 g/mol. The van der Waals surface area contributed by atoms with Crippen LogP contribution in [0.25, 0.3) is 0 Å². The van der Waals surface area contributed by atoms with E-state index in [9.17, 15) is 0 Å².